The van der Waals surface area contributed by atoms with Crippen LogP contribution in [-0.2, 0) is 4.74 Å². The first kappa shape index (κ1) is 10.7. The SMILES string of the molecule is COC(=O)c1cc(=O)c2cccc(Cl)c2[nH]1. The normalized spacial score (nSPS) is 10.4. The van der Waals surface area contributed by atoms with Crippen molar-refractivity contribution in [1.29, 1.82) is 0 Å². The third kappa shape index (κ3) is 1.67. The number of pyridine rings is 1. The van der Waals surface area contributed by atoms with E-state index < -0.39 is 5.97 Å². The number of fused-ring (bicyclic) bond motifs is 1. The maximum Gasteiger partial charge on any atom is 0.354 e. The minimum Gasteiger partial charge on any atom is -0.464 e. The zero-order chi connectivity index (χ0) is 11.7. The van der Waals surface area contributed by atoms with E-state index in [0.717, 1.165) is 0 Å². The third-order valence-corrected chi connectivity index (χ3v) is 2.53. The summed E-state index contributed by atoms with van der Waals surface area (Å²) in [6.45, 7) is 0. The Kier molecular flexibility index (Phi) is 2.66. The van der Waals surface area contributed by atoms with Crippen LogP contribution in [0.15, 0.2) is 29.1 Å². The first-order chi connectivity index (χ1) is 7.63. The molecule has 1 aromatic heterocycles. The number of carbonyl (C=O) groups excluding carboxylic acids is 1. The van der Waals surface area contributed by atoms with Gasteiger partial charge in [0.15, 0.2) is 5.43 Å². The Hall–Kier alpha value is -1.81. The van der Waals surface area contributed by atoms with Gasteiger partial charge in [0, 0.05) is 11.5 Å². The maximum atomic E-state index is 11.7. The van der Waals surface area contributed by atoms with E-state index in [9.17, 15) is 9.59 Å². The fourth-order valence-corrected chi connectivity index (χ4v) is 1.68. The predicted molar refractivity (Wildman–Crippen MR) is 60.9 cm³/mol. The molecule has 0 saturated heterocycles. The second-order valence-electron chi connectivity index (χ2n) is 3.20. The van der Waals surface area contributed by atoms with Crippen LogP contribution >= 0.6 is 11.6 Å². The Bertz CT molecular complexity index is 618. The molecule has 4 nitrogen and oxygen atoms in total. The average Bonchev–Trinajstić information content (AvgIpc) is 2.29. The molecule has 0 amide bonds. The summed E-state index contributed by atoms with van der Waals surface area (Å²) in [6, 6.07) is 6.16. The number of aromatic amines is 1. The Morgan fingerprint density at radius 3 is 2.88 bits per heavy atom. The minimum atomic E-state index is -0.598. The standard InChI is InChI=1S/C11H8ClNO3/c1-16-11(15)8-5-9(14)6-3-2-4-7(12)10(6)13-8/h2-5H,1H3,(H,13,14). The summed E-state index contributed by atoms with van der Waals surface area (Å²) < 4.78 is 4.53. The Morgan fingerprint density at radius 1 is 1.44 bits per heavy atom. The number of hydrogen-bond acceptors (Lipinski definition) is 3. The molecule has 1 heterocycles. The molecule has 0 fully saturated rings. The van der Waals surface area contributed by atoms with Crippen molar-refractivity contribution in [2.24, 2.45) is 0 Å². The van der Waals surface area contributed by atoms with Crippen LogP contribution in [0.2, 0.25) is 5.02 Å². The highest BCUT2D eigenvalue weighted by Gasteiger charge is 2.10. The number of hydrogen-bond donors (Lipinski definition) is 1. The number of nitrogens with one attached hydrogen (secondary N) is 1. The second kappa shape index (κ2) is 3.98. The van der Waals surface area contributed by atoms with E-state index in [0.29, 0.717) is 15.9 Å². The highest BCUT2D eigenvalue weighted by molar-refractivity contribution is 6.35. The van der Waals surface area contributed by atoms with Gasteiger partial charge in [-0.2, -0.15) is 0 Å². The topological polar surface area (TPSA) is 59.2 Å². The largest absolute Gasteiger partial charge is 0.464 e. The lowest BCUT2D eigenvalue weighted by atomic mass is 10.2. The van der Waals surface area contributed by atoms with Gasteiger partial charge in [0.1, 0.15) is 5.69 Å². The van der Waals surface area contributed by atoms with E-state index in [1.54, 1.807) is 18.2 Å². The molecule has 5 heteroatoms. The average molecular weight is 238 g/mol. The molecule has 0 spiro atoms. The van der Waals surface area contributed by atoms with Gasteiger partial charge in [-0.1, -0.05) is 17.7 Å². The Labute approximate surface area is 95.8 Å². The van der Waals surface area contributed by atoms with Crippen molar-refractivity contribution >= 4 is 28.5 Å². The number of esters is 1. The first-order valence-electron chi connectivity index (χ1n) is 4.53. The molecule has 1 N–H and O–H groups in total. The third-order valence-electron chi connectivity index (χ3n) is 2.22. The lowest BCUT2D eigenvalue weighted by Crippen LogP contribution is -2.11. The van der Waals surface area contributed by atoms with Gasteiger partial charge in [0.2, 0.25) is 0 Å². The molecule has 2 rings (SSSR count). The zero-order valence-corrected chi connectivity index (χ0v) is 9.17. The molecule has 0 aliphatic heterocycles. The molecule has 82 valence electrons. The number of carbonyl (C=O) groups is 1. The molecule has 0 bridgehead atoms. The van der Waals surface area contributed by atoms with Crippen molar-refractivity contribution in [3.63, 3.8) is 0 Å². The molecule has 16 heavy (non-hydrogen) atoms. The lowest BCUT2D eigenvalue weighted by Gasteiger charge is -2.03. The van der Waals surface area contributed by atoms with Crippen LogP contribution < -0.4 is 5.43 Å². The van der Waals surface area contributed by atoms with Gasteiger partial charge in [-0.05, 0) is 12.1 Å². The number of aromatic nitrogens is 1. The van der Waals surface area contributed by atoms with Crippen molar-refractivity contribution in [1.82, 2.24) is 4.98 Å². The fourth-order valence-electron chi connectivity index (χ4n) is 1.46. The molecule has 0 saturated carbocycles. The van der Waals surface area contributed by atoms with Crippen LogP contribution in [0, 0.1) is 0 Å². The number of benzene rings is 1. The molecule has 0 unspecified atom stereocenters. The van der Waals surface area contributed by atoms with E-state index in [-0.39, 0.29) is 11.1 Å². The van der Waals surface area contributed by atoms with Crippen LogP contribution in [0.3, 0.4) is 0 Å². The zero-order valence-electron chi connectivity index (χ0n) is 8.41. The van der Waals surface area contributed by atoms with Crippen molar-refractivity contribution in [3.8, 4) is 0 Å². The van der Waals surface area contributed by atoms with Crippen LogP contribution in [0.1, 0.15) is 10.5 Å². The van der Waals surface area contributed by atoms with Crippen LogP contribution in [-0.4, -0.2) is 18.1 Å². The number of halogens is 1. The highest BCUT2D eigenvalue weighted by Crippen LogP contribution is 2.18. The van der Waals surface area contributed by atoms with E-state index in [1.165, 1.54) is 13.2 Å². The number of ether oxygens (including phenoxy) is 1. The Morgan fingerprint density at radius 2 is 2.19 bits per heavy atom. The van der Waals surface area contributed by atoms with E-state index in [1.807, 2.05) is 0 Å². The summed E-state index contributed by atoms with van der Waals surface area (Å²) in [6.07, 6.45) is 0. The van der Waals surface area contributed by atoms with Gasteiger partial charge in [-0.15, -0.1) is 0 Å². The van der Waals surface area contributed by atoms with Gasteiger partial charge < -0.3 is 9.72 Å². The minimum absolute atomic E-state index is 0.0908. The molecule has 2 aromatic rings. The van der Waals surface area contributed by atoms with Crippen molar-refractivity contribution in [2.75, 3.05) is 7.11 Å². The molecular weight excluding hydrogens is 230 g/mol. The van der Waals surface area contributed by atoms with Crippen molar-refractivity contribution < 1.29 is 9.53 Å². The molecule has 0 atom stereocenters. The molecular formula is C11H8ClNO3. The predicted octanol–water partition coefficient (Wildman–Crippen LogP) is 1.97. The van der Waals surface area contributed by atoms with Gasteiger partial charge in [-0.25, -0.2) is 4.79 Å². The van der Waals surface area contributed by atoms with Crippen molar-refractivity contribution in [2.45, 2.75) is 0 Å². The smallest absolute Gasteiger partial charge is 0.354 e. The maximum absolute atomic E-state index is 11.7. The summed E-state index contributed by atoms with van der Waals surface area (Å²) in [5, 5.41) is 0.834. The van der Waals surface area contributed by atoms with Crippen LogP contribution in [0.4, 0.5) is 0 Å². The molecule has 0 aliphatic carbocycles. The van der Waals surface area contributed by atoms with Gasteiger partial charge in [0.05, 0.1) is 17.6 Å². The van der Waals surface area contributed by atoms with Gasteiger partial charge in [0.25, 0.3) is 0 Å². The summed E-state index contributed by atoms with van der Waals surface area (Å²) in [5.41, 5.74) is 0.266. The summed E-state index contributed by atoms with van der Waals surface area (Å²) >= 11 is 5.93. The first-order valence-corrected chi connectivity index (χ1v) is 4.91. The van der Waals surface area contributed by atoms with E-state index in [2.05, 4.69) is 9.72 Å². The second-order valence-corrected chi connectivity index (χ2v) is 3.61. The quantitative estimate of drug-likeness (QED) is 0.772. The number of para-hydroxylation sites is 1. The number of rotatable bonds is 1. The van der Waals surface area contributed by atoms with Gasteiger partial charge >= 0.3 is 5.97 Å². The monoisotopic (exact) mass is 237 g/mol. The summed E-state index contributed by atoms with van der Waals surface area (Å²) in [5.74, 6) is -0.598. The van der Waals surface area contributed by atoms with Crippen molar-refractivity contribution in [3.05, 3.63) is 45.2 Å². The highest BCUT2D eigenvalue weighted by atomic mass is 35.5. The summed E-state index contributed by atoms with van der Waals surface area (Å²) in [4.78, 5) is 25.8. The summed E-state index contributed by atoms with van der Waals surface area (Å²) in [7, 11) is 1.25. The van der Waals surface area contributed by atoms with E-state index >= 15 is 0 Å². The number of H-pyrrole nitrogens is 1. The van der Waals surface area contributed by atoms with Gasteiger partial charge in [-0.3, -0.25) is 4.79 Å². The molecule has 0 radical (unpaired) electrons. The number of methoxy groups -OCH3 is 1. The fraction of sp³-hybridized carbons (Fsp3) is 0.0909. The lowest BCUT2D eigenvalue weighted by molar-refractivity contribution is 0.0594. The molecule has 0 aliphatic rings. The van der Waals surface area contributed by atoms with Crippen LogP contribution in [0.25, 0.3) is 10.9 Å². The molecule has 1 aromatic carbocycles. The Balaban J connectivity index is 2.80. The van der Waals surface area contributed by atoms with Crippen LogP contribution in [0.5, 0.6) is 0 Å². The van der Waals surface area contributed by atoms with E-state index in [4.69, 9.17) is 11.6 Å².